The van der Waals surface area contributed by atoms with E-state index in [1.807, 2.05) is 13.1 Å². The molecule has 1 atom stereocenters. The molecule has 4 nitrogen and oxygen atoms in total. The minimum atomic E-state index is -0.255. The van der Waals surface area contributed by atoms with Crippen molar-refractivity contribution < 1.29 is 9.13 Å². The lowest BCUT2D eigenvalue weighted by Gasteiger charge is -2.21. The molecule has 0 saturated heterocycles. The lowest BCUT2D eigenvalue weighted by atomic mass is 10.0. The van der Waals surface area contributed by atoms with E-state index in [2.05, 4.69) is 21.8 Å². The fraction of sp³-hybridized carbons (Fsp3) is 0.438. The Bertz CT molecular complexity index is 583. The molecule has 0 radical (unpaired) electrons. The maximum absolute atomic E-state index is 14.3. The van der Waals surface area contributed by atoms with E-state index in [4.69, 9.17) is 4.74 Å². The first kappa shape index (κ1) is 15.5. The third-order valence-corrected chi connectivity index (χ3v) is 3.56. The Labute approximate surface area is 125 Å². The van der Waals surface area contributed by atoms with Crippen LogP contribution >= 0.6 is 0 Å². The number of nitrogens with one attached hydrogen (secondary N) is 1. The Kier molecular flexibility index (Phi) is 5.33. The number of imidazole rings is 1. The first-order valence-electron chi connectivity index (χ1n) is 7.27. The lowest BCUT2D eigenvalue weighted by Crippen LogP contribution is -2.25. The third kappa shape index (κ3) is 3.42. The second-order valence-electron chi connectivity index (χ2n) is 4.80. The van der Waals surface area contributed by atoms with Crippen molar-refractivity contribution in [3.63, 3.8) is 0 Å². The largest absolute Gasteiger partial charge is 0.496 e. The molecule has 21 heavy (non-hydrogen) atoms. The minimum absolute atomic E-state index is 0.168. The van der Waals surface area contributed by atoms with Crippen molar-refractivity contribution in [2.45, 2.75) is 32.9 Å². The second kappa shape index (κ2) is 7.22. The highest BCUT2D eigenvalue weighted by Gasteiger charge is 2.21. The van der Waals surface area contributed by atoms with Crippen LogP contribution in [0.15, 0.2) is 30.6 Å². The zero-order valence-corrected chi connectivity index (χ0v) is 12.8. The predicted octanol–water partition coefficient (Wildman–Crippen LogP) is 2.94. The summed E-state index contributed by atoms with van der Waals surface area (Å²) in [5.41, 5.74) is 0.563. The molecule has 1 heterocycles. The van der Waals surface area contributed by atoms with Crippen LogP contribution in [0.25, 0.3) is 0 Å². The molecule has 0 aliphatic carbocycles. The molecule has 0 fully saturated rings. The lowest BCUT2D eigenvalue weighted by molar-refractivity contribution is 0.388. The highest BCUT2D eigenvalue weighted by molar-refractivity contribution is 5.37. The van der Waals surface area contributed by atoms with E-state index in [1.54, 1.807) is 25.4 Å². The van der Waals surface area contributed by atoms with Crippen LogP contribution in [0.1, 0.15) is 31.3 Å². The number of ether oxygens (including phenoxy) is 1. The van der Waals surface area contributed by atoms with Crippen LogP contribution in [-0.2, 0) is 13.0 Å². The van der Waals surface area contributed by atoms with Crippen molar-refractivity contribution >= 4 is 0 Å². The number of hydrogen-bond donors (Lipinski definition) is 1. The van der Waals surface area contributed by atoms with E-state index in [9.17, 15) is 4.39 Å². The maximum Gasteiger partial charge on any atom is 0.131 e. The Balaban J connectivity index is 2.35. The normalized spacial score (nSPS) is 12.4. The zero-order valence-electron chi connectivity index (χ0n) is 12.8. The molecule has 2 rings (SSSR count). The van der Waals surface area contributed by atoms with Gasteiger partial charge in [-0.2, -0.15) is 0 Å². The molecule has 0 aliphatic rings. The fourth-order valence-electron chi connectivity index (χ4n) is 2.56. The van der Waals surface area contributed by atoms with Gasteiger partial charge in [-0.1, -0.05) is 13.0 Å². The van der Waals surface area contributed by atoms with Crippen LogP contribution in [0.4, 0.5) is 4.39 Å². The SMILES string of the molecule is CCNC(Cc1nccn1CC)c1c(F)cccc1OC. The van der Waals surface area contributed by atoms with Crippen LogP contribution in [0.3, 0.4) is 0 Å². The monoisotopic (exact) mass is 291 g/mol. The average Bonchev–Trinajstić information content (AvgIpc) is 2.93. The van der Waals surface area contributed by atoms with Gasteiger partial charge in [0.2, 0.25) is 0 Å². The molecule has 0 saturated carbocycles. The van der Waals surface area contributed by atoms with Crippen molar-refractivity contribution in [3.05, 3.63) is 47.8 Å². The molecule has 0 aliphatic heterocycles. The number of halogens is 1. The molecule has 114 valence electrons. The molecule has 5 heteroatoms. The van der Waals surface area contributed by atoms with Gasteiger partial charge in [0, 0.05) is 37.0 Å². The van der Waals surface area contributed by atoms with Gasteiger partial charge < -0.3 is 14.6 Å². The van der Waals surface area contributed by atoms with Gasteiger partial charge in [-0.05, 0) is 25.6 Å². The van der Waals surface area contributed by atoms with Crippen molar-refractivity contribution in [3.8, 4) is 5.75 Å². The van der Waals surface area contributed by atoms with E-state index in [-0.39, 0.29) is 11.9 Å². The van der Waals surface area contributed by atoms with Crippen molar-refractivity contribution in [2.75, 3.05) is 13.7 Å². The van der Waals surface area contributed by atoms with E-state index in [1.165, 1.54) is 6.07 Å². The summed E-state index contributed by atoms with van der Waals surface area (Å²) in [6, 6.07) is 4.75. The number of hydrogen-bond acceptors (Lipinski definition) is 3. The first-order valence-corrected chi connectivity index (χ1v) is 7.27. The van der Waals surface area contributed by atoms with E-state index < -0.39 is 0 Å². The number of methoxy groups -OCH3 is 1. The number of benzene rings is 1. The van der Waals surface area contributed by atoms with Gasteiger partial charge in [0.25, 0.3) is 0 Å². The van der Waals surface area contributed by atoms with Crippen LogP contribution in [0.2, 0.25) is 0 Å². The van der Waals surface area contributed by atoms with Crippen molar-refractivity contribution in [1.29, 1.82) is 0 Å². The van der Waals surface area contributed by atoms with Gasteiger partial charge in [-0.25, -0.2) is 9.37 Å². The van der Waals surface area contributed by atoms with Gasteiger partial charge in [-0.15, -0.1) is 0 Å². The Morgan fingerprint density at radius 2 is 2.19 bits per heavy atom. The summed E-state index contributed by atoms with van der Waals surface area (Å²) < 4.78 is 21.7. The third-order valence-electron chi connectivity index (χ3n) is 3.56. The molecule has 1 aromatic heterocycles. The van der Waals surface area contributed by atoms with E-state index in [0.717, 1.165) is 18.9 Å². The molecule has 1 N–H and O–H groups in total. The maximum atomic E-state index is 14.3. The first-order chi connectivity index (χ1) is 10.2. The quantitative estimate of drug-likeness (QED) is 0.852. The van der Waals surface area contributed by atoms with Crippen LogP contribution in [-0.4, -0.2) is 23.2 Å². The predicted molar refractivity (Wildman–Crippen MR) is 81.0 cm³/mol. The van der Waals surface area contributed by atoms with Gasteiger partial charge in [0.15, 0.2) is 0 Å². The Morgan fingerprint density at radius 3 is 2.86 bits per heavy atom. The van der Waals surface area contributed by atoms with Crippen LogP contribution < -0.4 is 10.1 Å². The van der Waals surface area contributed by atoms with Gasteiger partial charge >= 0.3 is 0 Å². The Hall–Kier alpha value is -1.88. The molecule has 1 aromatic carbocycles. The van der Waals surface area contributed by atoms with Crippen LogP contribution in [0, 0.1) is 5.82 Å². The van der Waals surface area contributed by atoms with Crippen molar-refractivity contribution in [2.24, 2.45) is 0 Å². The zero-order chi connectivity index (χ0) is 15.2. The number of aromatic nitrogens is 2. The van der Waals surface area contributed by atoms with E-state index in [0.29, 0.717) is 17.7 Å². The summed E-state index contributed by atoms with van der Waals surface area (Å²) >= 11 is 0. The summed E-state index contributed by atoms with van der Waals surface area (Å²) in [6.07, 6.45) is 4.34. The number of aryl methyl sites for hydroxylation is 1. The minimum Gasteiger partial charge on any atom is -0.496 e. The fourth-order valence-corrected chi connectivity index (χ4v) is 2.56. The van der Waals surface area contributed by atoms with Crippen molar-refractivity contribution in [1.82, 2.24) is 14.9 Å². The molecule has 0 amide bonds. The molecular formula is C16H22FN3O. The summed E-state index contributed by atoms with van der Waals surface area (Å²) in [5.74, 6) is 1.25. The standard InChI is InChI=1S/C16H22FN3O/c1-4-18-13(11-15-19-9-10-20(15)5-2)16-12(17)7-6-8-14(16)21-3/h6-10,13,18H,4-5,11H2,1-3H3. The summed E-state index contributed by atoms with van der Waals surface area (Å²) in [5, 5.41) is 3.33. The molecule has 2 aromatic rings. The number of nitrogens with zero attached hydrogens (tertiary/aromatic N) is 2. The Morgan fingerprint density at radius 1 is 1.38 bits per heavy atom. The molecule has 1 unspecified atom stereocenters. The molecule has 0 bridgehead atoms. The van der Waals surface area contributed by atoms with Crippen LogP contribution in [0.5, 0.6) is 5.75 Å². The van der Waals surface area contributed by atoms with Gasteiger partial charge in [0.1, 0.15) is 17.4 Å². The molecular weight excluding hydrogens is 269 g/mol. The van der Waals surface area contributed by atoms with Gasteiger partial charge in [0.05, 0.1) is 7.11 Å². The molecule has 0 spiro atoms. The highest BCUT2D eigenvalue weighted by atomic mass is 19.1. The second-order valence-corrected chi connectivity index (χ2v) is 4.80. The average molecular weight is 291 g/mol. The smallest absolute Gasteiger partial charge is 0.131 e. The summed E-state index contributed by atoms with van der Waals surface area (Å²) in [7, 11) is 1.56. The van der Waals surface area contributed by atoms with Gasteiger partial charge in [-0.3, -0.25) is 0 Å². The van der Waals surface area contributed by atoms with E-state index >= 15 is 0 Å². The topological polar surface area (TPSA) is 39.1 Å². The highest BCUT2D eigenvalue weighted by Crippen LogP contribution is 2.29. The summed E-state index contributed by atoms with van der Waals surface area (Å²) in [6.45, 7) is 5.67. The number of likely N-dealkylation sites (N-methyl/N-ethyl adjacent to an activating group) is 1. The number of rotatable bonds is 7. The summed E-state index contributed by atoms with van der Waals surface area (Å²) in [4.78, 5) is 4.38.